The molecule has 0 saturated heterocycles. The van der Waals surface area contributed by atoms with Gasteiger partial charge in [0.1, 0.15) is 5.82 Å². The number of methoxy groups -OCH3 is 1. The topological polar surface area (TPSA) is 92.8 Å². The van der Waals surface area contributed by atoms with Crippen LogP contribution in [-0.4, -0.2) is 28.0 Å². The number of ether oxygens (including phenoxy) is 1. The van der Waals surface area contributed by atoms with E-state index in [1.165, 1.54) is 19.2 Å². The number of nitrogens with one attached hydrogen (secondary N) is 1. The Morgan fingerprint density at radius 1 is 1.02 bits per heavy atom. The number of halogens is 2. The molecule has 0 radical (unpaired) electrons. The second-order valence-electron chi connectivity index (χ2n) is 9.02. The van der Waals surface area contributed by atoms with Gasteiger partial charge in [-0.1, -0.05) is 41.9 Å². The van der Waals surface area contributed by atoms with Crippen LogP contribution in [0.15, 0.2) is 97.5 Å². The Labute approximate surface area is 235 Å². The van der Waals surface area contributed by atoms with E-state index in [0.717, 1.165) is 27.9 Å². The summed E-state index contributed by atoms with van der Waals surface area (Å²) in [7, 11) is 1.31. The number of rotatable bonds is 7. The molecule has 1 N–H and O–H groups in total. The molecule has 1 amide bonds. The predicted molar refractivity (Wildman–Crippen MR) is 151 cm³/mol. The first-order valence-corrected chi connectivity index (χ1v) is 12.7. The number of nitrogens with zero attached hydrogens (tertiary/aromatic N) is 4. The number of aromatic nitrogens is 3. The van der Waals surface area contributed by atoms with Gasteiger partial charge in [0.2, 0.25) is 0 Å². The monoisotopic (exact) mass is 551 g/mol. The molecule has 3 aromatic carbocycles. The van der Waals surface area contributed by atoms with Crippen LogP contribution in [0.2, 0.25) is 5.02 Å². The standard InChI is InChI=1S/C31H23ClFN5O2/c1-40-31(39)37-27-11-5-21(6-12-27)24-18-36-38(19-24)30(14-20-2-9-26(33)10-3-20)29-13-7-23(17-35-29)28-15-25(32)8-4-22(28)16-34/h2-13,15,17-19,30H,14H2,1H3,(H,37,39). The first-order valence-electron chi connectivity index (χ1n) is 12.3. The van der Waals surface area contributed by atoms with Crippen molar-refractivity contribution >= 4 is 23.4 Å². The fraction of sp³-hybridized carbons (Fsp3) is 0.0968. The van der Waals surface area contributed by atoms with E-state index in [1.807, 2.05) is 35.1 Å². The lowest BCUT2D eigenvalue weighted by Crippen LogP contribution is -2.15. The normalized spacial score (nSPS) is 11.4. The number of carbonyl (C=O) groups excluding carboxylic acids is 1. The molecule has 2 heterocycles. The van der Waals surface area contributed by atoms with Crippen LogP contribution in [0.25, 0.3) is 22.3 Å². The second kappa shape index (κ2) is 11.8. The molecule has 7 nitrogen and oxygen atoms in total. The minimum Gasteiger partial charge on any atom is -0.453 e. The van der Waals surface area contributed by atoms with Crippen LogP contribution >= 0.6 is 11.6 Å². The van der Waals surface area contributed by atoms with E-state index >= 15 is 0 Å². The highest BCUT2D eigenvalue weighted by molar-refractivity contribution is 6.30. The van der Waals surface area contributed by atoms with Gasteiger partial charge in [-0.3, -0.25) is 15.0 Å². The highest BCUT2D eigenvalue weighted by atomic mass is 35.5. The van der Waals surface area contributed by atoms with Gasteiger partial charge in [-0.15, -0.1) is 0 Å². The predicted octanol–water partition coefficient (Wildman–Crippen LogP) is 7.29. The average molecular weight is 552 g/mol. The summed E-state index contributed by atoms with van der Waals surface area (Å²) in [4.78, 5) is 16.2. The first-order chi connectivity index (χ1) is 19.4. The fourth-order valence-corrected chi connectivity index (χ4v) is 4.54. The molecule has 0 aliphatic heterocycles. The molecular weight excluding hydrogens is 529 g/mol. The lowest BCUT2D eigenvalue weighted by molar-refractivity contribution is 0.187. The van der Waals surface area contributed by atoms with Gasteiger partial charge >= 0.3 is 6.09 Å². The van der Waals surface area contributed by atoms with Crippen molar-refractivity contribution in [1.82, 2.24) is 14.8 Å². The third kappa shape index (κ3) is 6.01. The molecule has 5 aromatic rings. The maximum Gasteiger partial charge on any atom is 0.411 e. The molecule has 1 atom stereocenters. The molecule has 40 heavy (non-hydrogen) atoms. The summed E-state index contributed by atoms with van der Waals surface area (Å²) in [5, 5.41) is 17.3. The third-order valence-corrected chi connectivity index (χ3v) is 6.69. The van der Waals surface area contributed by atoms with Gasteiger partial charge in [-0.05, 0) is 59.7 Å². The Morgan fingerprint density at radius 2 is 1.77 bits per heavy atom. The molecule has 0 spiro atoms. The summed E-state index contributed by atoms with van der Waals surface area (Å²) in [5.74, 6) is -0.302. The zero-order valence-corrected chi connectivity index (χ0v) is 22.1. The molecule has 9 heteroatoms. The van der Waals surface area contributed by atoms with Crippen molar-refractivity contribution in [2.75, 3.05) is 12.4 Å². The molecule has 1 unspecified atom stereocenters. The largest absolute Gasteiger partial charge is 0.453 e. The minimum atomic E-state index is -0.540. The van der Waals surface area contributed by atoms with Crippen molar-refractivity contribution in [2.45, 2.75) is 12.5 Å². The summed E-state index contributed by atoms with van der Waals surface area (Å²) in [6.45, 7) is 0. The summed E-state index contributed by atoms with van der Waals surface area (Å²) in [6.07, 6.45) is 5.40. The van der Waals surface area contributed by atoms with Crippen molar-refractivity contribution < 1.29 is 13.9 Å². The van der Waals surface area contributed by atoms with Crippen LogP contribution in [0.1, 0.15) is 22.9 Å². The van der Waals surface area contributed by atoms with E-state index in [2.05, 4.69) is 21.2 Å². The molecule has 0 aliphatic carbocycles. The number of pyridine rings is 1. The van der Waals surface area contributed by atoms with E-state index in [1.54, 1.807) is 54.9 Å². The van der Waals surface area contributed by atoms with Gasteiger partial charge in [-0.25, -0.2) is 9.18 Å². The number of benzene rings is 3. The molecule has 198 valence electrons. The first kappa shape index (κ1) is 26.6. The molecule has 0 aliphatic rings. The van der Waals surface area contributed by atoms with Crippen molar-refractivity contribution in [1.29, 1.82) is 5.26 Å². The molecule has 5 rings (SSSR count). The number of hydrogen-bond donors (Lipinski definition) is 1. The number of amides is 1. The Morgan fingerprint density at radius 3 is 2.45 bits per heavy atom. The van der Waals surface area contributed by atoms with Crippen LogP contribution in [0.5, 0.6) is 0 Å². The second-order valence-corrected chi connectivity index (χ2v) is 9.46. The quantitative estimate of drug-likeness (QED) is 0.229. The zero-order chi connectivity index (χ0) is 28.1. The molecule has 0 saturated carbocycles. The van der Waals surface area contributed by atoms with Crippen LogP contribution < -0.4 is 5.32 Å². The van der Waals surface area contributed by atoms with Gasteiger partial charge in [0.15, 0.2) is 0 Å². The van der Waals surface area contributed by atoms with E-state index < -0.39 is 6.09 Å². The summed E-state index contributed by atoms with van der Waals surface area (Å²) >= 11 is 6.18. The van der Waals surface area contributed by atoms with Gasteiger partial charge in [0.05, 0.1) is 36.7 Å². The van der Waals surface area contributed by atoms with Gasteiger partial charge < -0.3 is 4.74 Å². The van der Waals surface area contributed by atoms with Gasteiger partial charge in [0, 0.05) is 46.2 Å². The van der Waals surface area contributed by atoms with Crippen LogP contribution in [0.3, 0.4) is 0 Å². The highest BCUT2D eigenvalue weighted by Gasteiger charge is 2.19. The number of hydrogen-bond acceptors (Lipinski definition) is 5. The maximum atomic E-state index is 13.6. The molecular formula is C31H23ClFN5O2. The summed E-state index contributed by atoms with van der Waals surface area (Å²) < 4.78 is 20.1. The molecule has 0 bridgehead atoms. The maximum absolute atomic E-state index is 13.6. The van der Waals surface area contributed by atoms with Gasteiger partial charge in [0.25, 0.3) is 0 Å². The van der Waals surface area contributed by atoms with E-state index in [-0.39, 0.29) is 11.9 Å². The Hall–Kier alpha value is -5.00. The molecule has 2 aromatic heterocycles. The van der Waals surface area contributed by atoms with Crippen molar-refractivity contribution in [3.8, 4) is 28.3 Å². The number of nitriles is 1. The summed E-state index contributed by atoms with van der Waals surface area (Å²) in [5.41, 5.74) is 6.06. The van der Waals surface area contributed by atoms with Crippen LogP contribution in [0, 0.1) is 17.1 Å². The Kier molecular flexibility index (Phi) is 7.85. The smallest absolute Gasteiger partial charge is 0.411 e. The van der Waals surface area contributed by atoms with Crippen molar-refractivity contribution in [3.05, 3.63) is 125 Å². The minimum absolute atomic E-state index is 0.289. The Bertz CT molecular complexity index is 1680. The average Bonchev–Trinajstić information content (AvgIpc) is 3.47. The molecule has 0 fully saturated rings. The summed E-state index contributed by atoms with van der Waals surface area (Å²) in [6, 6.07) is 24.5. The van der Waals surface area contributed by atoms with Crippen molar-refractivity contribution in [3.63, 3.8) is 0 Å². The third-order valence-electron chi connectivity index (χ3n) is 6.45. The Balaban J connectivity index is 1.47. The lowest BCUT2D eigenvalue weighted by atomic mass is 9.99. The van der Waals surface area contributed by atoms with E-state index in [0.29, 0.717) is 28.3 Å². The van der Waals surface area contributed by atoms with E-state index in [4.69, 9.17) is 16.6 Å². The lowest BCUT2D eigenvalue weighted by Gasteiger charge is -2.18. The number of anilines is 1. The van der Waals surface area contributed by atoms with Gasteiger partial charge in [-0.2, -0.15) is 10.4 Å². The number of carbonyl (C=O) groups is 1. The zero-order valence-electron chi connectivity index (χ0n) is 21.4. The van der Waals surface area contributed by atoms with Crippen LogP contribution in [0.4, 0.5) is 14.9 Å². The highest BCUT2D eigenvalue weighted by Crippen LogP contribution is 2.30. The van der Waals surface area contributed by atoms with Crippen molar-refractivity contribution in [2.24, 2.45) is 0 Å². The van der Waals surface area contributed by atoms with Crippen LogP contribution in [-0.2, 0) is 11.2 Å². The van der Waals surface area contributed by atoms with E-state index in [9.17, 15) is 14.4 Å². The fourth-order valence-electron chi connectivity index (χ4n) is 4.36. The SMILES string of the molecule is COC(=O)Nc1ccc(-c2cnn(C(Cc3ccc(F)cc3)c3ccc(-c4cc(Cl)ccc4C#N)cn3)c2)cc1.